The highest BCUT2D eigenvalue weighted by molar-refractivity contribution is 7.87. The van der Waals surface area contributed by atoms with Gasteiger partial charge in [0.15, 0.2) is 5.69 Å². The van der Waals surface area contributed by atoms with E-state index < -0.39 is 21.9 Å². The number of aromatic nitrogens is 2. The van der Waals surface area contributed by atoms with E-state index in [-0.39, 0.29) is 5.56 Å². The number of halogens is 1. The van der Waals surface area contributed by atoms with Crippen molar-refractivity contribution in [2.75, 3.05) is 25.5 Å². The summed E-state index contributed by atoms with van der Waals surface area (Å²) >= 11 is 5.69. The molecule has 0 aliphatic heterocycles. The molecule has 2 heterocycles. The average molecular weight is 374 g/mol. The summed E-state index contributed by atoms with van der Waals surface area (Å²) in [5.41, 5.74) is 0.217. The van der Waals surface area contributed by atoms with Crippen molar-refractivity contribution in [1.82, 2.24) is 13.4 Å². The molecule has 0 spiro atoms. The summed E-state index contributed by atoms with van der Waals surface area (Å²) in [5, 5.41) is 17.4. The second kappa shape index (κ2) is 7.18. The van der Waals surface area contributed by atoms with Crippen LogP contribution in [0.4, 0.5) is 5.82 Å². The Morgan fingerprint density at radius 3 is 2.67 bits per heavy atom. The maximum atomic E-state index is 11.5. The Kier molecular flexibility index (Phi) is 5.44. The Bertz CT molecular complexity index is 833. The van der Waals surface area contributed by atoms with Crippen LogP contribution in [0.1, 0.15) is 10.5 Å². The predicted molar refractivity (Wildman–Crippen MR) is 90.1 cm³/mol. The third-order valence-electron chi connectivity index (χ3n) is 3.13. The maximum absolute atomic E-state index is 11.5. The summed E-state index contributed by atoms with van der Waals surface area (Å²) in [5.74, 6) is -0.823. The molecular weight excluding hydrogens is 358 g/mol. The SMILES string of the molecule is CN(Cl)CCNc1ccc(-c2ccn(S(N)(=O)=O)c2C(=O)O)cn1. The summed E-state index contributed by atoms with van der Waals surface area (Å²) in [6.45, 7) is 1.18. The lowest BCUT2D eigenvalue weighted by Crippen LogP contribution is -2.24. The van der Waals surface area contributed by atoms with Crippen LogP contribution in [-0.4, -0.2) is 53.0 Å². The van der Waals surface area contributed by atoms with Gasteiger partial charge in [-0.3, -0.25) is 0 Å². The number of hydrogen-bond acceptors (Lipinski definition) is 6. The predicted octanol–water partition coefficient (Wildman–Crippen LogP) is 0.797. The van der Waals surface area contributed by atoms with Gasteiger partial charge in [0.25, 0.3) is 0 Å². The zero-order valence-electron chi connectivity index (χ0n) is 12.7. The Morgan fingerprint density at radius 2 is 2.17 bits per heavy atom. The lowest BCUT2D eigenvalue weighted by atomic mass is 10.1. The Labute approximate surface area is 144 Å². The van der Waals surface area contributed by atoms with Crippen molar-refractivity contribution in [3.8, 4) is 11.1 Å². The molecule has 2 aromatic heterocycles. The van der Waals surface area contributed by atoms with E-state index in [1.54, 1.807) is 19.2 Å². The molecule has 0 saturated carbocycles. The van der Waals surface area contributed by atoms with Crippen LogP contribution in [0.5, 0.6) is 0 Å². The Hall–Kier alpha value is -2.14. The minimum atomic E-state index is -4.21. The van der Waals surface area contributed by atoms with Crippen molar-refractivity contribution in [1.29, 1.82) is 0 Å². The fourth-order valence-electron chi connectivity index (χ4n) is 2.06. The highest BCUT2D eigenvalue weighted by Crippen LogP contribution is 2.26. The average Bonchev–Trinajstić information content (AvgIpc) is 2.92. The number of pyridine rings is 1. The van der Waals surface area contributed by atoms with Crippen LogP contribution in [0.25, 0.3) is 11.1 Å². The van der Waals surface area contributed by atoms with Gasteiger partial charge < -0.3 is 10.4 Å². The van der Waals surface area contributed by atoms with Crippen molar-refractivity contribution in [3.05, 3.63) is 36.3 Å². The molecule has 0 aliphatic carbocycles. The number of anilines is 1. The molecule has 0 amide bonds. The van der Waals surface area contributed by atoms with Gasteiger partial charge in [-0.15, -0.1) is 0 Å². The summed E-state index contributed by atoms with van der Waals surface area (Å²) < 4.78 is 25.0. The molecule has 2 rings (SSSR count). The first-order valence-corrected chi connectivity index (χ1v) is 8.59. The molecule has 0 aromatic carbocycles. The van der Waals surface area contributed by atoms with Crippen molar-refractivity contribution >= 4 is 33.8 Å². The third kappa shape index (κ3) is 4.23. The number of carboxylic acid groups (broad SMARTS) is 1. The number of carboxylic acids is 1. The second-order valence-electron chi connectivity index (χ2n) is 4.91. The summed E-state index contributed by atoms with van der Waals surface area (Å²) in [6.07, 6.45) is 2.54. The highest BCUT2D eigenvalue weighted by atomic mass is 35.5. The van der Waals surface area contributed by atoms with E-state index in [1.807, 2.05) is 0 Å². The fourth-order valence-corrected chi connectivity index (χ4v) is 2.81. The molecule has 0 bridgehead atoms. The Morgan fingerprint density at radius 1 is 1.46 bits per heavy atom. The van der Waals surface area contributed by atoms with Crippen LogP contribution in [0.2, 0.25) is 0 Å². The monoisotopic (exact) mass is 373 g/mol. The molecule has 11 heteroatoms. The molecule has 0 atom stereocenters. The minimum absolute atomic E-state index is 0.205. The number of likely N-dealkylation sites (N-methyl/N-ethyl adjacent to an activating group) is 1. The van der Waals surface area contributed by atoms with Gasteiger partial charge in [-0.25, -0.2) is 23.3 Å². The first kappa shape index (κ1) is 18.2. The number of nitrogens with zero attached hydrogens (tertiary/aromatic N) is 3. The van der Waals surface area contributed by atoms with E-state index in [0.717, 1.165) is 6.20 Å². The van der Waals surface area contributed by atoms with Gasteiger partial charge in [-0.1, -0.05) is 0 Å². The maximum Gasteiger partial charge on any atom is 0.354 e. The van der Waals surface area contributed by atoms with Crippen molar-refractivity contribution in [2.45, 2.75) is 0 Å². The number of aromatic carboxylic acids is 1. The molecule has 0 unspecified atom stereocenters. The van der Waals surface area contributed by atoms with Crippen LogP contribution in [-0.2, 0) is 10.2 Å². The van der Waals surface area contributed by atoms with Crippen LogP contribution >= 0.6 is 11.8 Å². The van der Waals surface area contributed by atoms with Crippen LogP contribution in [0.3, 0.4) is 0 Å². The summed E-state index contributed by atoms with van der Waals surface area (Å²) in [4.78, 5) is 15.6. The number of nitrogens with one attached hydrogen (secondary N) is 1. The van der Waals surface area contributed by atoms with Gasteiger partial charge in [-0.2, -0.15) is 8.42 Å². The van der Waals surface area contributed by atoms with E-state index in [4.69, 9.17) is 16.9 Å². The number of nitrogens with two attached hydrogens (primary N) is 1. The Balaban J connectivity index is 2.29. The quantitative estimate of drug-likeness (QED) is 0.611. The zero-order chi connectivity index (χ0) is 17.9. The van der Waals surface area contributed by atoms with Gasteiger partial charge in [0.05, 0.1) is 0 Å². The summed E-state index contributed by atoms with van der Waals surface area (Å²) in [6, 6.07) is 4.65. The van der Waals surface area contributed by atoms with Gasteiger partial charge >= 0.3 is 16.2 Å². The molecule has 0 aliphatic rings. The van der Waals surface area contributed by atoms with Crippen LogP contribution < -0.4 is 10.5 Å². The van der Waals surface area contributed by atoms with Crippen LogP contribution in [0.15, 0.2) is 30.6 Å². The number of hydrogen-bond donors (Lipinski definition) is 3. The van der Waals surface area contributed by atoms with E-state index >= 15 is 0 Å². The van der Waals surface area contributed by atoms with Crippen molar-refractivity contribution in [3.63, 3.8) is 0 Å². The lowest BCUT2D eigenvalue weighted by Gasteiger charge is -2.09. The summed E-state index contributed by atoms with van der Waals surface area (Å²) in [7, 11) is -2.48. The molecule has 2 aromatic rings. The van der Waals surface area contributed by atoms with E-state index in [1.165, 1.54) is 16.7 Å². The normalized spacial score (nSPS) is 11.7. The van der Waals surface area contributed by atoms with Gasteiger partial charge in [-0.05, 0) is 30.0 Å². The highest BCUT2D eigenvalue weighted by Gasteiger charge is 2.22. The van der Waals surface area contributed by atoms with Gasteiger partial charge in [0.1, 0.15) is 5.82 Å². The van der Waals surface area contributed by atoms with E-state index in [2.05, 4.69) is 10.3 Å². The molecule has 4 N–H and O–H groups in total. The van der Waals surface area contributed by atoms with Gasteiger partial charge in [0, 0.05) is 43.7 Å². The minimum Gasteiger partial charge on any atom is -0.477 e. The molecule has 9 nitrogen and oxygen atoms in total. The second-order valence-corrected chi connectivity index (χ2v) is 6.91. The number of rotatable bonds is 7. The third-order valence-corrected chi connectivity index (χ3v) is 4.15. The molecule has 24 heavy (non-hydrogen) atoms. The van der Waals surface area contributed by atoms with Crippen LogP contribution in [0, 0.1) is 0 Å². The number of carbonyl (C=O) groups is 1. The van der Waals surface area contributed by atoms with E-state index in [0.29, 0.717) is 28.4 Å². The molecule has 0 fully saturated rings. The van der Waals surface area contributed by atoms with Crippen molar-refractivity contribution < 1.29 is 18.3 Å². The fraction of sp³-hybridized carbons (Fsp3) is 0.231. The standard InChI is InChI=1S/C13H16ClN5O4S/c1-18(14)7-5-16-11-3-2-9(8-17-11)10-4-6-19(24(15,22)23)12(10)13(20)21/h2-4,6,8H,5,7H2,1H3,(H,16,17)(H,20,21)(H2,15,22,23). The smallest absolute Gasteiger partial charge is 0.354 e. The zero-order valence-corrected chi connectivity index (χ0v) is 14.3. The first-order chi connectivity index (χ1) is 11.2. The van der Waals surface area contributed by atoms with Gasteiger partial charge in [0.2, 0.25) is 0 Å². The van der Waals surface area contributed by atoms with E-state index in [9.17, 15) is 18.3 Å². The molecule has 130 valence electrons. The largest absolute Gasteiger partial charge is 0.477 e. The topological polar surface area (TPSA) is 131 Å². The molecule has 0 radical (unpaired) electrons. The molecular formula is C13H16ClN5O4S. The van der Waals surface area contributed by atoms with Crippen molar-refractivity contribution in [2.24, 2.45) is 5.14 Å². The first-order valence-electron chi connectivity index (χ1n) is 6.75. The lowest BCUT2D eigenvalue weighted by molar-refractivity contribution is 0.0690. The molecule has 0 saturated heterocycles.